The lowest BCUT2D eigenvalue weighted by Gasteiger charge is -2.08. The van der Waals surface area contributed by atoms with E-state index in [0.29, 0.717) is 28.7 Å². The number of hydrogen-bond acceptors (Lipinski definition) is 3. The topological polar surface area (TPSA) is 49.8 Å². The molecule has 2 N–H and O–H groups in total. The number of nitrogens with two attached hydrogens (primary N) is 1. The first-order chi connectivity index (χ1) is 7.17. The first-order valence-corrected chi connectivity index (χ1v) is 5.72. The molecule has 0 radical (unpaired) electrons. The zero-order valence-electron chi connectivity index (χ0n) is 8.53. The van der Waals surface area contributed by atoms with Crippen LogP contribution in [0.15, 0.2) is 18.2 Å². The average Bonchev–Trinajstić information content (AvgIpc) is 2.27. The van der Waals surface area contributed by atoms with Crippen molar-refractivity contribution in [3.63, 3.8) is 0 Å². The summed E-state index contributed by atoms with van der Waals surface area (Å²) in [5.74, 6) is 0.297. The Bertz CT molecular complexity index is 373. The van der Waals surface area contributed by atoms with E-state index in [0.717, 1.165) is 0 Å². The molecule has 1 atom stereocenters. The van der Waals surface area contributed by atoms with Crippen LogP contribution in [0.5, 0.6) is 0 Å². The van der Waals surface area contributed by atoms with E-state index in [4.69, 9.17) is 11.0 Å². The molecule has 2 nitrogen and oxygen atoms in total. The minimum Gasteiger partial charge on any atom is -0.329 e. The third-order valence-corrected chi connectivity index (χ3v) is 3.27. The molecule has 1 rings (SSSR count). The van der Waals surface area contributed by atoms with Crippen LogP contribution in [0, 0.1) is 17.1 Å². The van der Waals surface area contributed by atoms with Crippen molar-refractivity contribution < 1.29 is 4.39 Å². The van der Waals surface area contributed by atoms with E-state index >= 15 is 0 Å². The van der Waals surface area contributed by atoms with Gasteiger partial charge in [-0.25, -0.2) is 4.39 Å². The van der Waals surface area contributed by atoms with Crippen molar-refractivity contribution in [1.29, 1.82) is 5.26 Å². The Morgan fingerprint density at radius 3 is 2.93 bits per heavy atom. The van der Waals surface area contributed by atoms with Crippen LogP contribution in [-0.2, 0) is 5.75 Å². The molecule has 0 saturated carbocycles. The number of nitriles is 1. The van der Waals surface area contributed by atoms with Gasteiger partial charge in [0.05, 0.1) is 11.6 Å². The van der Waals surface area contributed by atoms with E-state index in [2.05, 4.69) is 0 Å². The molecule has 0 aliphatic rings. The number of nitrogens with zero attached hydrogens (tertiary/aromatic N) is 1. The minimum absolute atomic E-state index is 0.259. The molecule has 4 heteroatoms. The molecule has 0 saturated heterocycles. The van der Waals surface area contributed by atoms with E-state index in [1.54, 1.807) is 17.8 Å². The molecule has 0 fully saturated rings. The monoisotopic (exact) mass is 224 g/mol. The van der Waals surface area contributed by atoms with Crippen LogP contribution >= 0.6 is 11.8 Å². The van der Waals surface area contributed by atoms with Crippen molar-refractivity contribution in [3.8, 4) is 6.07 Å². The third kappa shape index (κ3) is 3.54. The highest BCUT2D eigenvalue weighted by Crippen LogP contribution is 2.20. The fourth-order valence-corrected chi connectivity index (χ4v) is 1.88. The van der Waals surface area contributed by atoms with Gasteiger partial charge in [0.1, 0.15) is 5.82 Å². The second-order valence-electron chi connectivity index (χ2n) is 3.28. The zero-order chi connectivity index (χ0) is 11.3. The lowest BCUT2D eigenvalue weighted by Crippen LogP contribution is -2.12. The number of thioether (sulfide) groups is 1. The predicted octanol–water partition coefficient (Wildman–Crippen LogP) is 2.28. The molecule has 0 aliphatic heterocycles. The van der Waals surface area contributed by atoms with Crippen LogP contribution < -0.4 is 5.73 Å². The predicted molar refractivity (Wildman–Crippen MR) is 60.9 cm³/mol. The summed E-state index contributed by atoms with van der Waals surface area (Å²) < 4.78 is 13.3. The number of hydrogen-bond donors (Lipinski definition) is 1. The van der Waals surface area contributed by atoms with Gasteiger partial charge in [-0.3, -0.25) is 0 Å². The number of halogens is 1. The molecule has 1 aromatic rings. The molecule has 1 aromatic carbocycles. The maximum Gasteiger partial charge on any atom is 0.127 e. The molecule has 0 amide bonds. The highest BCUT2D eigenvalue weighted by molar-refractivity contribution is 7.99. The quantitative estimate of drug-likeness (QED) is 0.853. The van der Waals surface area contributed by atoms with Gasteiger partial charge in [0.15, 0.2) is 0 Å². The highest BCUT2D eigenvalue weighted by Gasteiger charge is 2.06. The highest BCUT2D eigenvalue weighted by atomic mass is 32.2. The summed E-state index contributed by atoms with van der Waals surface area (Å²) in [6.45, 7) is 2.57. The Balaban J connectivity index is 2.72. The largest absolute Gasteiger partial charge is 0.329 e. The van der Waals surface area contributed by atoms with E-state index < -0.39 is 0 Å². The van der Waals surface area contributed by atoms with E-state index in [1.807, 2.05) is 13.0 Å². The maximum atomic E-state index is 13.3. The summed E-state index contributed by atoms with van der Waals surface area (Å²) in [4.78, 5) is 0. The summed E-state index contributed by atoms with van der Waals surface area (Å²) in [5, 5.41) is 8.98. The van der Waals surface area contributed by atoms with E-state index in [9.17, 15) is 4.39 Å². The SMILES string of the molecule is CC(CN)SCc1cc(C#N)ccc1F. The van der Waals surface area contributed by atoms with Crippen LogP contribution in [0.3, 0.4) is 0 Å². The van der Waals surface area contributed by atoms with Crippen LogP contribution in [0.25, 0.3) is 0 Å². The van der Waals surface area contributed by atoms with Gasteiger partial charge in [0, 0.05) is 17.5 Å². The summed E-state index contributed by atoms with van der Waals surface area (Å²) in [6, 6.07) is 6.40. The molecule has 0 spiro atoms. The van der Waals surface area contributed by atoms with E-state index in [1.165, 1.54) is 12.1 Å². The van der Waals surface area contributed by atoms with Crippen molar-refractivity contribution in [2.24, 2.45) is 5.73 Å². The van der Waals surface area contributed by atoms with Crippen LogP contribution in [-0.4, -0.2) is 11.8 Å². The number of benzene rings is 1. The zero-order valence-corrected chi connectivity index (χ0v) is 9.35. The Labute approximate surface area is 93.3 Å². The van der Waals surface area contributed by atoms with Crippen LogP contribution in [0.1, 0.15) is 18.1 Å². The molecule has 0 bridgehead atoms. The first kappa shape index (κ1) is 12.0. The Hall–Kier alpha value is -1.05. The third-order valence-electron chi connectivity index (χ3n) is 2.03. The van der Waals surface area contributed by atoms with Gasteiger partial charge in [0.2, 0.25) is 0 Å². The van der Waals surface area contributed by atoms with Crippen molar-refractivity contribution in [1.82, 2.24) is 0 Å². The molecule has 0 aromatic heterocycles. The Morgan fingerprint density at radius 1 is 1.60 bits per heavy atom. The molecule has 15 heavy (non-hydrogen) atoms. The van der Waals surface area contributed by atoms with Gasteiger partial charge < -0.3 is 5.73 Å². The fraction of sp³-hybridized carbons (Fsp3) is 0.364. The van der Waals surface area contributed by atoms with Crippen molar-refractivity contribution in [2.75, 3.05) is 6.54 Å². The van der Waals surface area contributed by atoms with Crippen LogP contribution in [0.2, 0.25) is 0 Å². The molecular formula is C11H13FN2S. The van der Waals surface area contributed by atoms with E-state index in [-0.39, 0.29) is 5.82 Å². The fourth-order valence-electron chi connectivity index (χ4n) is 1.05. The van der Waals surface area contributed by atoms with Crippen molar-refractivity contribution in [3.05, 3.63) is 35.1 Å². The second kappa shape index (κ2) is 5.74. The normalized spacial score (nSPS) is 12.1. The van der Waals surface area contributed by atoms with Gasteiger partial charge in [0.25, 0.3) is 0 Å². The second-order valence-corrected chi connectivity index (χ2v) is 4.70. The van der Waals surface area contributed by atoms with Gasteiger partial charge >= 0.3 is 0 Å². The molecular weight excluding hydrogens is 211 g/mol. The minimum atomic E-state index is -0.259. The molecule has 0 aliphatic carbocycles. The Morgan fingerprint density at radius 2 is 2.33 bits per heavy atom. The van der Waals surface area contributed by atoms with Crippen LogP contribution in [0.4, 0.5) is 4.39 Å². The first-order valence-electron chi connectivity index (χ1n) is 4.67. The summed E-state index contributed by atoms with van der Waals surface area (Å²) >= 11 is 1.59. The van der Waals surface area contributed by atoms with Crippen molar-refractivity contribution in [2.45, 2.75) is 17.9 Å². The Kier molecular flexibility index (Phi) is 4.60. The molecule has 1 unspecified atom stereocenters. The summed E-state index contributed by atoms with van der Waals surface area (Å²) in [6.07, 6.45) is 0. The van der Waals surface area contributed by atoms with Gasteiger partial charge in [-0.1, -0.05) is 6.92 Å². The summed E-state index contributed by atoms with van der Waals surface area (Å²) in [7, 11) is 0. The average molecular weight is 224 g/mol. The molecule has 0 heterocycles. The van der Waals surface area contributed by atoms with Gasteiger partial charge in [-0.15, -0.1) is 0 Å². The molecule has 80 valence electrons. The standard InChI is InChI=1S/C11H13FN2S/c1-8(5-13)15-7-10-4-9(6-14)2-3-11(10)12/h2-4,8H,5,7,13H2,1H3. The van der Waals surface area contributed by atoms with Crippen molar-refractivity contribution >= 4 is 11.8 Å². The maximum absolute atomic E-state index is 13.3. The van der Waals surface area contributed by atoms with Gasteiger partial charge in [-0.2, -0.15) is 17.0 Å². The van der Waals surface area contributed by atoms with Gasteiger partial charge in [-0.05, 0) is 23.8 Å². The summed E-state index contributed by atoms with van der Waals surface area (Å²) in [5.41, 5.74) is 6.53. The lowest BCUT2D eigenvalue weighted by molar-refractivity contribution is 0.617. The number of rotatable bonds is 4. The lowest BCUT2D eigenvalue weighted by atomic mass is 10.1. The smallest absolute Gasteiger partial charge is 0.127 e.